The van der Waals surface area contributed by atoms with E-state index in [1.165, 1.54) is 6.92 Å². The number of likely N-dealkylation sites (N-methyl/N-ethyl adjacent to an activating group) is 1. The van der Waals surface area contributed by atoms with Crippen LogP contribution in [0, 0.1) is 0 Å². The largest absolute Gasteiger partial charge is 0.392 e. The summed E-state index contributed by atoms with van der Waals surface area (Å²) >= 11 is 0. The average molecular weight is 490 g/mol. The van der Waals surface area contributed by atoms with Crippen molar-refractivity contribution in [2.45, 2.75) is 51.4 Å². The first-order valence-corrected chi connectivity index (χ1v) is 12.4. The van der Waals surface area contributed by atoms with E-state index >= 15 is 0 Å². The van der Waals surface area contributed by atoms with Crippen molar-refractivity contribution in [2.75, 3.05) is 20.1 Å². The summed E-state index contributed by atoms with van der Waals surface area (Å²) in [5.74, 6) is -0.0527. The van der Waals surface area contributed by atoms with E-state index in [1.807, 2.05) is 66.9 Å². The minimum Gasteiger partial charge on any atom is -0.392 e. The van der Waals surface area contributed by atoms with Gasteiger partial charge in [0.2, 0.25) is 5.91 Å². The Kier molecular flexibility index (Phi) is 9.19. The van der Waals surface area contributed by atoms with Gasteiger partial charge < -0.3 is 24.8 Å². The highest BCUT2D eigenvalue weighted by atomic mass is 16.7. The molecule has 190 valence electrons. The summed E-state index contributed by atoms with van der Waals surface area (Å²) in [7, 11) is 2.11. The highest BCUT2D eigenvalue weighted by molar-refractivity contribution is 5.72. The van der Waals surface area contributed by atoms with Crippen LogP contribution in [0.15, 0.2) is 72.9 Å². The molecule has 0 unspecified atom stereocenters. The van der Waals surface area contributed by atoms with Gasteiger partial charge in [-0.3, -0.25) is 9.78 Å². The number of carbonyl (C=O) groups is 1. The number of nitrogens with zero attached hydrogens (tertiary/aromatic N) is 2. The van der Waals surface area contributed by atoms with Gasteiger partial charge in [0.1, 0.15) is 0 Å². The van der Waals surface area contributed by atoms with Crippen LogP contribution >= 0.6 is 0 Å². The average Bonchev–Trinajstić information content (AvgIpc) is 2.91. The van der Waals surface area contributed by atoms with Gasteiger partial charge in [0, 0.05) is 56.9 Å². The van der Waals surface area contributed by atoms with Crippen molar-refractivity contribution >= 4 is 5.91 Å². The number of benzene rings is 2. The molecule has 2 N–H and O–H groups in total. The first kappa shape index (κ1) is 26.0. The number of amides is 1. The third-order valence-corrected chi connectivity index (χ3v) is 6.40. The fourth-order valence-corrected chi connectivity index (χ4v) is 4.34. The van der Waals surface area contributed by atoms with Gasteiger partial charge in [-0.1, -0.05) is 54.6 Å². The van der Waals surface area contributed by atoms with Gasteiger partial charge in [-0.15, -0.1) is 0 Å². The molecule has 1 fully saturated rings. The summed E-state index contributed by atoms with van der Waals surface area (Å²) in [5, 5.41) is 12.2. The molecule has 1 saturated heterocycles. The number of carbonyl (C=O) groups excluding carboxylic acids is 1. The van der Waals surface area contributed by atoms with Crippen LogP contribution in [-0.4, -0.2) is 47.1 Å². The molecule has 36 heavy (non-hydrogen) atoms. The molecule has 2 heterocycles. The number of pyridine rings is 1. The maximum atomic E-state index is 11.2. The molecule has 0 spiro atoms. The van der Waals surface area contributed by atoms with Crippen molar-refractivity contribution in [3.8, 4) is 0 Å². The Balaban J connectivity index is 1.45. The molecular formula is C29H35N3O4. The Morgan fingerprint density at radius 2 is 1.75 bits per heavy atom. The molecule has 3 aromatic rings. The molecule has 1 aromatic heterocycles. The quantitative estimate of drug-likeness (QED) is 0.449. The summed E-state index contributed by atoms with van der Waals surface area (Å²) < 4.78 is 12.9. The highest BCUT2D eigenvalue weighted by Gasteiger charge is 2.32. The maximum Gasteiger partial charge on any atom is 0.217 e. The Morgan fingerprint density at radius 1 is 1.03 bits per heavy atom. The van der Waals surface area contributed by atoms with Crippen molar-refractivity contribution in [1.82, 2.24) is 15.2 Å². The number of hydrogen-bond acceptors (Lipinski definition) is 6. The molecule has 1 amide bonds. The Hall–Kier alpha value is -3.10. The van der Waals surface area contributed by atoms with Crippen molar-refractivity contribution in [2.24, 2.45) is 0 Å². The van der Waals surface area contributed by atoms with E-state index in [2.05, 4.69) is 28.3 Å². The van der Waals surface area contributed by atoms with Gasteiger partial charge in [-0.2, -0.15) is 0 Å². The lowest BCUT2D eigenvalue weighted by atomic mass is 9.99. The highest BCUT2D eigenvalue weighted by Crippen LogP contribution is 2.38. The molecule has 7 nitrogen and oxygen atoms in total. The van der Waals surface area contributed by atoms with Gasteiger partial charge in [0.25, 0.3) is 0 Å². The van der Waals surface area contributed by atoms with Crippen LogP contribution in [0.1, 0.15) is 53.7 Å². The molecule has 0 bridgehead atoms. The van der Waals surface area contributed by atoms with Crippen molar-refractivity contribution in [1.29, 1.82) is 0 Å². The second-order valence-corrected chi connectivity index (χ2v) is 9.33. The van der Waals surface area contributed by atoms with Crippen molar-refractivity contribution < 1.29 is 19.4 Å². The lowest BCUT2D eigenvalue weighted by Crippen LogP contribution is -2.38. The standard InChI is InChI=1S/C29H35N3O4/c1-21(34)31-18-22-6-12-25(13-7-22)29-35-27(19-32(2)16-14-26-5-3-4-15-30-26)17-28(36-29)24-10-8-23(20-33)9-11-24/h3-13,15,27-29,33H,14,16-20H2,1-2H3,(H,31,34)/t27-,28+,29+/m1/s1. The topological polar surface area (TPSA) is 83.9 Å². The summed E-state index contributed by atoms with van der Waals surface area (Å²) in [6, 6.07) is 21.9. The maximum absolute atomic E-state index is 11.2. The molecule has 0 aliphatic carbocycles. The predicted molar refractivity (Wildman–Crippen MR) is 138 cm³/mol. The zero-order valence-electron chi connectivity index (χ0n) is 21.0. The molecule has 1 aliphatic rings. The molecule has 7 heteroatoms. The zero-order chi connectivity index (χ0) is 25.3. The second-order valence-electron chi connectivity index (χ2n) is 9.33. The molecule has 2 aromatic carbocycles. The minimum absolute atomic E-state index is 0.0148. The number of hydrogen-bond donors (Lipinski definition) is 2. The molecule has 0 radical (unpaired) electrons. The van der Waals surface area contributed by atoms with E-state index < -0.39 is 6.29 Å². The van der Waals surface area contributed by atoms with E-state index in [0.717, 1.165) is 53.9 Å². The van der Waals surface area contributed by atoms with Crippen LogP contribution in [0.4, 0.5) is 0 Å². The lowest BCUT2D eigenvalue weighted by molar-refractivity contribution is -0.252. The summed E-state index contributed by atoms with van der Waals surface area (Å²) in [5.41, 5.74) is 4.99. The molecule has 4 rings (SSSR count). The van der Waals surface area contributed by atoms with E-state index in [0.29, 0.717) is 6.54 Å². The smallest absolute Gasteiger partial charge is 0.217 e. The van der Waals surface area contributed by atoms with Crippen LogP contribution in [-0.2, 0) is 33.8 Å². The number of nitrogens with one attached hydrogen (secondary N) is 1. The SMILES string of the molecule is CC(=O)NCc1ccc([C@H]2O[C@@H](CN(C)CCc3ccccn3)C[C@@H](c3ccc(CO)cc3)O2)cc1. The third-order valence-electron chi connectivity index (χ3n) is 6.40. The van der Waals surface area contributed by atoms with Gasteiger partial charge in [0.15, 0.2) is 6.29 Å². The van der Waals surface area contributed by atoms with Crippen molar-refractivity contribution in [3.63, 3.8) is 0 Å². The molecular weight excluding hydrogens is 454 g/mol. The first-order valence-electron chi connectivity index (χ1n) is 12.4. The van der Waals surface area contributed by atoms with Crippen LogP contribution in [0.25, 0.3) is 0 Å². The molecule has 3 atom stereocenters. The third kappa shape index (κ3) is 7.45. The predicted octanol–water partition coefficient (Wildman–Crippen LogP) is 3.93. The Morgan fingerprint density at radius 3 is 2.42 bits per heavy atom. The van der Waals surface area contributed by atoms with Crippen LogP contribution in [0.5, 0.6) is 0 Å². The number of aromatic nitrogens is 1. The number of aliphatic hydroxyl groups excluding tert-OH is 1. The lowest BCUT2D eigenvalue weighted by Gasteiger charge is -2.38. The van der Waals surface area contributed by atoms with E-state index in [-0.39, 0.29) is 24.7 Å². The van der Waals surface area contributed by atoms with Gasteiger partial charge in [0.05, 0.1) is 18.8 Å². The number of ether oxygens (including phenoxy) is 2. The number of aliphatic hydroxyl groups is 1. The van der Waals surface area contributed by atoms with Crippen LogP contribution in [0.3, 0.4) is 0 Å². The summed E-state index contributed by atoms with van der Waals surface area (Å²) in [6.45, 7) is 3.69. The monoisotopic (exact) mass is 489 g/mol. The second kappa shape index (κ2) is 12.7. The molecule has 1 aliphatic heterocycles. The minimum atomic E-state index is -0.495. The summed E-state index contributed by atoms with van der Waals surface area (Å²) in [4.78, 5) is 17.9. The Labute approximate surface area is 213 Å². The van der Waals surface area contributed by atoms with Crippen LogP contribution in [0.2, 0.25) is 0 Å². The van der Waals surface area contributed by atoms with Gasteiger partial charge >= 0.3 is 0 Å². The Bertz CT molecular complexity index is 1090. The molecule has 0 saturated carbocycles. The van der Waals surface area contributed by atoms with Gasteiger partial charge in [-0.05, 0) is 35.9 Å². The fourth-order valence-electron chi connectivity index (χ4n) is 4.34. The first-order chi connectivity index (χ1) is 17.5. The van der Waals surface area contributed by atoms with Crippen LogP contribution < -0.4 is 5.32 Å². The van der Waals surface area contributed by atoms with E-state index in [4.69, 9.17) is 9.47 Å². The normalized spacial score (nSPS) is 19.8. The van der Waals surface area contributed by atoms with E-state index in [9.17, 15) is 9.90 Å². The number of rotatable bonds is 10. The van der Waals surface area contributed by atoms with Crippen molar-refractivity contribution in [3.05, 3.63) is 101 Å². The fraction of sp³-hybridized carbons (Fsp3) is 0.379. The van der Waals surface area contributed by atoms with Gasteiger partial charge in [-0.25, -0.2) is 0 Å². The zero-order valence-corrected chi connectivity index (χ0v) is 21.0. The summed E-state index contributed by atoms with van der Waals surface area (Å²) in [6.07, 6.45) is 2.82. The van der Waals surface area contributed by atoms with E-state index in [1.54, 1.807) is 0 Å².